The maximum absolute atomic E-state index is 12.4. The van der Waals surface area contributed by atoms with E-state index in [1.807, 2.05) is 13.8 Å². The average molecular weight is 368 g/mol. The summed E-state index contributed by atoms with van der Waals surface area (Å²) in [4.78, 5) is 28.9. The van der Waals surface area contributed by atoms with Gasteiger partial charge in [0, 0.05) is 25.0 Å². The van der Waals surface area contributed by atoms with Crippen molar-refractivity contribution in [1.82, 2.24) is 20.3 Å². The van der Waals surface area contributed by atoms with Gasteiger partial charge in [0.15, 0.2) is 5.65 Å². The summed E-state index contributed by atoms with van der Waals surface area (Å²) in [6, 6.07) is 0.0414. The minimum atomic E-state index is -0.177. The summed E-state index contributed by atoms with van der Waals surface area (Å²) in [5, 5.41) is 2.89. The van der Waals surface area contributed by atoms with Gasteiger partial charge in [-0.2, -0.15) is 0 Å². The summed E-state index contributed by atoms with van der Waals surface area (Å²) in [6.07, 6.45) is 6.08. The van der Waals surface area contributed by atoms with Crippen molar-refractivity contribution >= 4 is 28.5 Å². The van der Waals surface area contributed by atoms with Crippen LogP contribution in [0.1, 0.15) is 63.0 Å². The van der Waals surface area contributed by atoms with Gasteiger partial charge in [0.2, 0.25) is 0 Å². The van der Waals surface area contributed by atoms with E-state index in [1.165, 1.54) is 0 Å². The fraction of sp³-hybridized carbons (Fsp3) is 0.500. The molecule has 0 unspecified atom stereocenters. The molecule has 1 saturated carbocycles. The first-order valence-electron chi connectivity index (χ1n) is 9.32. The monoisotopic (exact) mass is 368 g/mol. The lowest BCUT2D eigenvalue weighted by Gasteiger charge is -2.32. The van der Waals surface area contributed by atoms with Gasteiger partial charge in [0.1, 0.15) is 11.2 Å². The van der Waals surface area contributed by atoms with Crippen molar-refractivity contribution < 1.29 is 4.79 Å². The van der Waals surface area contributed by atoms with Crippen LogP contribution in [0.25, 0.3) is 16.9 Å². The topological polar surface area (TPSA) is 109 Å². The number of fused-ring (bicyclic) bond motifs is 1. The Balaban J connectivity index is 2.03. The largest absolute Gasteiger partial charge is 0.397 e. The van der Waals surface area contributed by atoms with Gasteiger partial charge in [-0.25, -0.2) is 9.97 Å². The number of carbonyl (C=O) groups is 1. The molecule has 27 heavy (non-hydrogen) atoms. The molecule has 1 amide bonds. The summed E-state index contributed by atoms with van der Waals surface area (Å²) >= 11 is 0. The zero-order valence-corrected chi connectivity index (χ0v) is 16.7. The van der Waals surface area contributed by atoms with Crippen LogP contribution in [-0.4, -0.2) is 39.7 Å². The molecule has 0 saturated heterocycles. The molecule has 1 aliphatic carbocycles. The maximum Gasteiger partial charge on any atom is 0.255 e. The van der Waals surface area contributed by atoms with Gasteiger partial charge in [0.05, 0.1) is 17.5 Å². The molecular weight excluding hydrogens is 340 g/mol. The lowest BCUT2D eigenvalue weighted by Crippen LogP contribution is -2.30. The SMILES string of the molecule is CN=C1CC(C)(C)CCC1=C(N)c1cnc2[nH]cc(C(=O)NC(C)C)c2n1. The molecule has 1 fully saturated rings. The summed E-state index contributed by atoms with van der Waals surface area (Å²) in [7, 11) is 1.80. The standard InChI is InChI=1S/C20H28N6O/c1-11(2)25-19(27)13-9-23-18-17(13)26-15(10-24-18)16(21)12-6-7-20(3,4)8-14(12)22-5/h9-11H,6-8,21H2,1-5H3,(H,23,24)(H,25,27). The molecule has 2 heterocycles. The van der Waals surface area contributed by atoms with Crippen molar-refractivity contribution in [1.29, 1.82) is 0 Å². The molecule has 2 aromatic heterocycles. The maximum atomic E-state index is 12.4. The van der Waals surface area contributed by atoms with Crippen LogP contribution in [0.4, 0.5) is 0 Å². The number of allylic oxidation sites excluding steroid dienone is 1. The molecule has 4 N–H and O–H groups in total. The van der Waals surface area contributed by atoms with Gasteiger partial charge >= 0.3 is 0 Å². The molecule has 0 radical (unpaired) electrons. The van der Waals surface area contributed by atoms with Crippen LogP contribution >= 0.6 is 0 Å². The Bertz CT molecular complexity index is 935. The molecule has 7 heteroatoms. The van der Waals surface area contributed by atoms with Crippen molar-refractivity contribution in [3.63, 3.8) is 0 Å². The summed E-state index contributed by atoms with van der Waals surface area (Å²) in [5.74, 6) is -0.177. The van der Waals surface area contributed by atoms with Gasteiger partial charge in [-0.05, 0) is 44.1 Å². The molecule has 0 atom stereocenters. The zero-order valence-electron chi connectivity index (χ0n) is 16.7. The van der Waals surface area contributed by atoms with E-state index in [2.05, 4.69) is 39.1 Å². The number of aromatic amines is 1. The van der Waals surface area contributed by atoms with Gasteiger partial charge in [-0.15, -0.1) is 0 Å². The predicted molar refractivity (Wildman–Crippen MR) is 109 cm³/mol. The number of aromatic nitrogens is 3. The van der Waals surface area contributed by atoms with E-state index in [0.29, 0.717) is 28.1 Å². The number of rotatable bonds is 3. The minimum absolute atomic E-state index is 0.0414. The van der Waals surface area contributed by atoms with Gasteiger partial charge < -0.3 is 16.0 Å². The Morgan fingerprint density at radius 2 is 2.15 bits per heavy atom. The van der Waals surface area contributed by atoms with E-state index >= 15 is 0 Å². The fourth-order valence-corrected chi connectivity index (χ4v) is 3.45. The van der Waals surface area contributed by atoms with E-state index in [4.69, 9.17) is 5.73 Å². The molecule has 0 bridgehead atoms. The molecule has 3 rings (SSSR count). The van der Waals surface area contributed by atoms with Gasteiger partial charge in [-0.3, -0.25) is 9.79 Å². The number of amides is 1. The predicted octanol–water partition coefficient (Wildman–Crippen LogP) is 3.05. The van der Waals surface area contributed by atoms with E-state index in [1.54, 1.807) is 19.4 Å². The van der Waals surface area contributed by atoms with Gasteiger partial charge in [-0.1, -0.05) is 13.8 Å². The highest BCUT2D eigenvalue weighted by atomic mass is 16.1. The molecule has 0 spiro atoms. The van der Waals surface area contributed by atoms with Crippen LogP contribution in [0.15, 0.2) is 23.0 Å². The Morgan fingerprint density at radius 1 is 1.41 bits per heavy atom. The Labute approximate surface area is 159 Å². The third kappa shape index (κ3) is 3.86. The summed E-state index contributed by atoms with van der Waals surface area (Å²) < 4.78 is 0. The number of nitrogens with zero attached hydrogens (tertiary/aromatic N) is 3. The van der Waals surface area contributed by atoms with Crippen LogP contribution in [0.3, 0.4) is 0 Å². The highest BCUT2D eigenvalue weighted by Crippen LogP contribution is 2.38. The van der Waals surface area contributed by atoms with Crippen LogP contribution in [-0.2, 0) is 0 Å². The molecule has 144 valence electrons. The minimum Gasteiger partial charge on any atom is -0.397 e. The zero-order chi connectivity index (χ0) is 19.8. The van der Waals surface area contributed by atoms with E-state index in [-0.39, 0.29) is 17.4 Å². The first-order chi connectivity index (χ1) is 12.7. The Hall–Kier alpha value is -2.70. The third-order valence-electron chi connectivity index (χ3n) is 4.96. The Kier molecular flexibility index (Phi) is 5.04. The first kappa shape index (κ1) is 19.1. The van der Waals surface area contributed by atoms with Crippen molar-refractivity contribution in [3.8, 4) is 0 Å². The molecule has 2 aromatic rings. The summed E-state index contributed by atoms with van der Waals surface area (Å²) in [5.41, 5.74) is 11.5. The number of hydrogen-bond acceptors (Lipinski definition) is 5. The summed E-state index contributed by atoms with van der Waals surface area (Å²) in [6.45, 7) is 8.33. The van der Waals surface area contributed by atoms with E-state index in [0.717, 1.165) is 30.5 Å². The highest BCUT2D eigenvalue weighted by molar-refractivity contribution is 6.07. The van der Waals surface area contributed by atoms with E-state index in [9.17, 15) is 4.79 Å². The van der Waals surface area contributed by atoms with Crippen molar-refractivity contribution in [3.05, 3.63) is 29.2 Å². The van der Waals surface area contributed by atoms with Crippen LogP contribution < -0.4 is 11.1 Å². The lowest BCUT2D eigenvalue weighted by molar-refractivity contribution is 0.0944. The molecule has 1 aliphatic rings. The number of H-pyrrole nitrogens is 1. The second kappa shape index (κ2) is 7.13. The van der Waals surface area contributed by atoms with Crippen LogP contribution in [0.2, 0.25) is 0 Å². The second-order valence-electron chi connectivity index (χ2n) is 8.19. The average Bonchev–Trinajstić information content (AvgIpc) is 3.03. The van der Waals surface area contributed by atoms with E-state index < -0.39 is 0 Å². The number of nitrogens with one attached hydrogen (secondary N) is 2. The smallest absolute Gasteiger partial charge is 0.255 e. The number of aliphatic imine (C=N–C) groups is 1. The number of hydrogen-bond donors (Lipinski definition) is 3. The molecule has 0 aliphatic heterocycles. The molecule has 0 aromatic carbocycles. The Morgan fingerprint density at radius 3 is 2.81 bits per heavy atom. The van der Waals surface area contributed by atoms with Crippen molar-refractivity contribution in [2.75, 3.05) is 7.05 Å². The third-order valence-corrected chi connectivity index (χ3v) is 4.96. The van der Waals surface area contributed by atoms with Crippen LogP contribution in [0, 0.1) is 5.41 Å². The fourth-order valence-electron chi connectivity index (χ4n) is 3.45. The molecule has 7 nitrogen and oxygen atoms in total. The second-order valence-corrected chi connectivity index (χ2v) is 8.19. The number of nitrogens with two attached hydrogens (primary N) is 1. The highest BCUT2D eigenvalue weighted by Gasteiger charge is 2.30. The normalized spacial score (nSPS) is 20.3. The van der Waals surface area contributed by atoms with Crippen LogP contribution in [0.5, 0.6) is 0 Å². The first-order valence-corrected chi connectivity index (χ1v) is 9.32. The molecular formula is C20H28N6O. The lowest BCUT2D eigenvalue weighted by atomic mass is 9.73. The quantitative estimate of drug-likeness (QED) is 0.773. The van der Waals surface area contributed by atoms with Gasteiger partial charge in [0.25, 0.3) is 5.91 Å². The van der Waals surface area contributed by atoms with Crippen molar-refractivity contribution in [2.45, 2.75) is 53.0 Å². The van der Waals surface area contributed by atoms with Crippen molar-refractivity contribution in [2.24, 2.45) is 16.1 Å². The number of carbonyl (C=O) groups excluding carboxylic acids is 1.